The van der Waals surface area contributed by atoms with Crippen molar-refractivity contribution >= 4 is 23.5 Å². The maximum absolute atomic E-state index is 12.4. The molecule has 0 unspecified atom stereocenters. The second-order valence-electron chi connectivity index (χ2n) is 6.51. The van der Waals surface area contributed by atoms with Gasteiger partial charge in [-0.1, -0.05) is 11.6 Å². The molecular weight excluding hydrogens is 380 g/mol. The molecule has 0 saturated carbocycles. The third-order valence-electron chi connectivity index (χ3n) is 4.50. The number of amides is 1. The molecule has 1 N–H and O–H groups in total. The van der Waals surface area contributed by atoms with Crippen LogP contribution in [-0.4, -0.2) is 74.7 Å². The largest absolute Gasteiger partial charge is 0.486 e. The number of carbonyl (C=O) groups excluding carboxylic acids is 1. The van der Waals surface area contributed by atoms with E-state index in [1.54, 1.807) is 0 Å². The van der Waals surface area contributed by atoms with Gasteiger partial charge in [0.15, 0.2) is 17.5 Å². The Bertz CT molecular complexity index is 692. The first-order valence-electron chi connectivity index (χ1n) is 9.85. The quantitative estimate of drug-likeness (QED) is 0.526. The van der Waals surface area contributed by atoms with Crippen LogP contribution in [0.25, 0.3) is 0 Å². The van der Waals surface area contributed by atoms with Crippen molar-refractivity contribution in [3.63, 3.8) is 0 Å². The Kier molecular flexibility index (Phi) is 8.70. The lowest BCUT2D eigenvalue weighted by molar-refractivity contribution is -0.131. The van der Waals surface area contributed by atoms with Crippen molar-refractivity contribution in [3.8, 4) is 11.5 Å². The predicted octanol–water partition coefficient (Wildman–Crippen LogP) is 2.42. The van der Waals surface area contributed by atoms with Crippen LogP contribution in [0, 0.1) is 0 Å². The van der Waals surface area contributed by atoms with Gasteiger partial charge < -0.3 is 24.6 Å². The summed E-state index contributed by atoms with van der Waals surface area (Å²) in [6.45, 7) is 10.0. The maximum Gasteiger partial charge on any atom is 0.242 e. The first-order chi connectivity index (χ1) is 13.5. The Labute approximate surface area is 172 Å². The molecule has 1 heterocycles. The van der Waals surface area contributed by atoms with Gasteiger partial charge in [0.25, 0.3) is 0 Å². The van der Waals surface area contributed by atoms with E-state index in [1.165, 1.54) is 0 Å². The highest BCUT2D eigenvalue weighted by molar-refractivity contribution is 6.32. The lowest BCUT2D eigenvalue weighted by atomic mass is 10.1. The van der Waals surface area contributed by atoms with Gasteiger partial charge in [0.1, 0.15) is 13.2 Å². The second-order valence-corrected chi connectivity index (χ2v) is 6.92. The zero-order valence-corrected chi connectivity index (χ0v) is 18.0. The fraction of sp³-hybridized carbons (Fsp3) is 0.600. The van der Waals surface area contributed by atoms with Crippen LogP contribution >= 0.6 is 11.6 Å². The van der Waals surface area contributed by atoms with E-state index in [1.807, 2.05) is 49.8 Å². The zero-order valence-electron chi connectivity index (χ0n) is 17.3. The molecule has 1 amide bonds. The summed E-state index contributed by atoms with van der Waals surface area (Å²) in [6, 6.07) is 3.85. The van der Waals surface area contributed by atoms with Crippen LogP contribution in [0.1, 0.15) is 26.3 Å². The molecule has 0 bridgehead atoms. The number of likely N-dealkylation sites (N-methyl/N-ethyl adjacent to an activating group) is 2. The Morgan fingerprint density at radius 3 is 2.61 bits per heavy atom. The molecule has 156 valence electrons. The Morgan fingerprint density at radius 1 is 1.21 bits per heavy atom. The number of nitrogens with zero attached hydrogens (tertiary/aromatic N) is 3. The summed E-state index contributed by atoms with van der Waals surface area (Å²) in [5, 5.41) is 3.80. The Hall–Kier alpha value is -2.15. The molecule has 0 atom stereocenters. The molecule has 0 saturated heterocycles. The average Bonchev–Trinajstić information content (AvgIpc) is 2.68. The molecule has 1 aromatic carbocycles. The van der Waals surface area contributed by atoms with Gasteiger partial charge in [-0.2, -0.15) is 0 Å². The van der Waals surface area contributed by atoms with Crippen molar-refractivity contribution in [2.45, 2.75) is 27.2 Å². The summed E-state index contributed by atoms with van der Waals surface area (Å²) >= 11 is 6.30. The highest BCUT2D eigenvalue weighted by Gasteiger charge is 2.17. The molecule has 0 radical (unpaired) electrons. The van der Waals surface area contributed by atoms with Crippen LogP contribution in [0.4, 0.5) is 0 Å². The number of rotatable bonds is 8. The van der Waals surface area contributed by atoms with Gasteiger partial charge in [-0.3, -0.25) is 9.79 Å². The van der Waals surface area contributed by atoms with Gasteiger partial charge in [-0.15, -0.1) is 0 Å². The number of benzene rings is 1. The lowest BCUT2D eigenvalue weighted by Gasteiger charge is -2.25. The molecule has 1 aliphatic rings. The van der Waals surface area contributed by atoms with E-state index in [0.717, 1.165) is 12.1 Å². The first kappa shape index (κ1) is 22.1. The molecule has 0 aliphatic carbocycles. The predicted molar refractivity (Wildman–Crippen MR) is 113 cm³/mol. The first-order valence-corrected chi connectivity index (χ1v) is 10.2. The minimum Gasteiger partial charge on any atom is -0.486 e. The molecule has 0 fully saturated rings. The maximum atomic E-state index is 12.4. The van der Waals surface area contributed by atoms with Crippen molar-refractivity contribution in [1.82, 2.24) is 15.1 Å². The number of carbonyl (C=O) groups is 1. The van der Waals surface area contributed by atoms with E-state index >= 15 is 0 Å². The van der Waals surface area contributed by atoms with Crippen LogP contribution in [0.5, 0.6) is 11.5 Å². The van der Waals surface area contributed by atoms with Crippen molar-refractivity contribution in [2.24, 2.45) is 4.99 Å². The summed E-state index contributed by atoms with van der Waals surface area (Å²) in [7, 11) is 1.88. The smallest absolute Gasteiger partial charge is 0.242 e. The van der Waals surface area contributed by atoms with Crippen molar-refractivity contribution in [2.75, 3.05) is 53.0 Å². The van der Waals surface area contributed by atoms with E-state index in [9.17, 15) is 4.79 Å². The summed E-state index contributed by atoms with van der Waals surface area (Å²) in [4.78, 5) is 20.7. The Balaban J connectivity index is 2.00. The molecule has 7 nitrogen and oxygen atoms in total. The minimum absolute atomic E-state index is 0.0942. The minimum atomic E-state index is 0.0942. The molecule has 2 rings (SSSR count). The van der Waals surface area contributed by atoms with Crippen LogP contribution < -0.4 is 14.8 Å². The highest BCUT2D eigenvalue weighted by Crippen LogP contribution is 2.38. The SMILES string of the molecule is CCNC(=NCCc1cc(Cl)c2c(c1)OCCO2)N(C)CC(=O)N(CC)CC. The third-order valence-corrected chi connectivity index (χ3v) is 4.78. The van der Waals surface area contributed by atoms with Gasteiger partial charge in [0.05, 0.1) is 11.6 Å². The van der Waals surface area contributed by atoms with Crippen molar-refractivity contribution < 1.29 is 14.3 Å². The van der Waals surface area contributed by atoms with Gasteiger partial charge >= 0.3 is 0 Å². The molecular formula is C20H31ClN4O3. The van der Waals surface area contributed by atoms with Gasteiger partial charge in [-0.05, 0) is 44.9 Å². The zero-order chi connectivity index (χ0) is 20.5. The Morgan fingerprint density at radius 2 is 1.93 bits per heavy atom. The van der Waals surface area contributed by atoms with E-state index in [0.29, 0.717) is 68.3 Å². The lowest BCUT2D eigenvalue weighted by Crippen LogP contribution is -2.45. The second kappa shape index (κ2) is 11.0. The molecule has 0 spiro atoms. The van der Waals surface area contributed by atoms with Crippen LogP contribution in [0.15, 0.2) is 17.1 Å². The van der Waals surface area contributed by atoms with Crippen LogP contribution in [0.3, 0.4) is 0 Å². The standard InChI is InChI=1S/C20H31ClN4O3/c1-5-22-20(24(4)14-18(26)25(6-2)7-3)23-9-8-15-12-16(21)19-17(13-15)27-10-11-28-19/h12-13H,5-11,14H2,1-4H3,(H,22,23). The third kappa shape index (κ3) is 5.92. The summed E-state index contributed by atoms with van der Waals surface area (Å²) in [5.41, 5.74) is 1.04. The molecule has 28 heavy (non-hydrogen) atoms. The number of nitrogens with one attached hydrogen (secondary N) is 1. The number of ether oxygens (including phenoxy) is 2. The molecule has 8 heteroatoms. The van der Waals surface area contributed by atoms with Crippen LogP contribution in [0.2, 0.25) is 5.02 Å². The summed E-state index contributed by atoms with van der Waals surface area (Å²) in [5.74, 6) is 2.11. The van der Waals surface area contributed by atoms with E-state index < -0.39 is 0 Å². The normalized spacial score (nSPS) is 13.2. The topological polar surface area (TPSA) is 66.4 Å². The van der Waals surface area contributed by atoms with Gasteiger partial charge in [0, 0.05) is 33.2 Å². The van der Waals surface area contributed by atoms with Gasteiger partial charge in [-0.25, -0.2) is 0 Å². The number of hydrogen-bond acceptors (Lipinski definition) is 4. The van der Waals surface area contributed by atoms with Crippen LogP contribution in [-0.2, 0) is 11.2 Å². The number of hydrogen-bond donors (Lipinski definition) is 1. The summed E-state index contributed by atoms with van der Waals surface area (Å²) < 4.78 is 11.2. The molecule has 0 aromatic heterocycles. The number of fused-ring (bicyclic) bond motifs is 1. The molecule has 1 aromatic rings. The number of halogens is 1. The van der Waals surface area contributed by atoms with E-state index in [2.05, 4.69) is 10.3 Å². The fourth-order valence-electron chi connectivity index (χ4n) is 3.02. The number of guanidine groups is 1. The van der Waals surface area contributed by atoms with E-state index in [4.69, 9.17) is 21.1 Å². The molecule has 1 aliphatic heterocycles. The number of aliphatic imine (C=N–C) groups is 1. The average molecular weight is 411 g/mol. The monoisotopic (exact) mass is 410 g/mol. The van der Waals surface area contributed by atoms with Crippen molar-refractivity contribution in [1.29, 1.82) is 0 Å². The van der Waals surface area contributed by atoms with E-state index in [-0.39, 0.29) is 5.91 Å². The summed E-state index contributed by atoms with van der Waals surface area (Å²) in [6.07, 6.45) is 0.711. The fourth-order valence-corrected chi connectivity index (χ4v) is 3.31. The van der Waals surface area contributed by atoms with Crippen molar-refractivity contribution in [3.05, 3.63) is 22.7 Å². The van der Waals surface area contributed by atoms with Gasteiger partial charge in [0.2, 0.25) is 5.91 Å². The highest BCUT2D eigenvalue weighted by atomic mass is 35.5.